The van der Waals surface area contributed by atoms with Crippen LogP contribution in [-0.2, 0) is 13.0 Å². The number of aryl methyl sites for hydroxylation is 1. The molecule has 1 aromatic carbocycles. The molecule has 28 heavy (non-hydrogen) atoms. The third-order valence-electron chi connectivity index (χ3n) is 4.47. The Hall–Kier alpha value is -2.16. The fourth-order valence-electron chi connectivity index (χ4n) is 3.02. The second-order valence-corrected chi connectivity index (χ2v) is 9.07. The Morgan fingerprint density at radius 3 is 2.79 bits per heavy atom. The molecule has 1 amide bonds. The van der Waals surface area contributed by atoms with Crippen molar-refractivity contribution in [2.45, 2.75) is 38.5 Å². The van der Waals surface area contributed by atoms with E-state index in [-0.39, 0.29) is 11.7 Å². The van der Waals surface area contributed by atoms with Gasteiger partial charge in [-0.05, 0) is 59.5 Å². The number of benzene rings is 1. The largest absolute Gasteiger partial charge is 0.488 e. The van der Waals surface area contributed by atoms with Crippen LogP contribution in [0.2, 0.25) is 0 Å². The van der Waals surface area contributed by atoms with Crippen molar-refractivity contribution in [3.63, 3.8) is 0 Å². The molecular weight excluding hydrogens is 442 g/mol. The molecule has 0 aliphatic heterocycles. The van der Waals surface area contributed by atoms with Gasteiger partial charge in [-0.1, -0.05) is 18.2 Å². The normalized spacial score (nSPS) is 13.2. The van der Waals surface area contributed by atoms with Crippen LogP contribution in [0.5, 0.6) is 5.75 Å². The number of carbonyl (C=O) groups is 1. The minimum absolute atomic E-state index is 0.191. The molecule has 0 bridgehead atoms. The number of imidazole rings is 1. The molecule has 0 radical (unpaired) electrons. The van der Waals surface area contributed by atoms with E-state index in [1.807, 2.05) is 36.4 Å². The average molecular weight is 464 g/mol. The summed E-state index contributed by atoms with van der Waals surface area (Å²) >= 11 is 5.11. The van der Waals surface area contributed by atoms with Crippen molar-refractivity contribution >= 4 is 33.2 Å². The average Bonchev–Trinajstić information content (AvgIpc) is 3.30. The molecule has 2 heterocycles. The summed E-state index contributed by atoms with van der Waals surface area (Å²) in [6.45, 7) is 2.24. The van der Waals surface area contributed by atoms with Crippen LogP contribution < -0.4 is 10.5 Å². The number of aliphatic hydroxyl groups excluding tert-OH is 1. The number of ether oxygens (including phenoxy) is 1. The maximum atomic E-state index is 11.3. The standard InChI is InChI=1S/C20H22BrN3O3S/c1-13(25)17(24-10-16(20(22)26)23-12-24)8-6-14-4-2-3-5-18(14)27-11-15-7-9-19(21)28-15/h2-5,7,9-10,12-13,17,25H,6,8,11H2,1H3,(H2,22,26). The van der Waals surface area contributed by atoms with Gasteiger partial charge in [0.1, 0.15) is 18.1 Å². The van der Waals surface area contributed by atoms with E-state index in [0.29, 0.717) is 19.4 Å². The van der Waals surface area contributed by atoms with Crippen molar-refractivity contribution in [1.29, 1.82) is 0 Å². The van der Waals surface area contributed by atoms with Gasteiger partial charge >= 0.3 is 0 Å². The van der Waals surface area contributed by atoms with E-state index < -0.39 is 12.0 Å². The van der Waals surface area contributed by atoms with Gasteiger partial charge in [0.05, 0.1) is 22.3 Å². The van der Waals surface area contributed by atoms with Gasteiger partial charge in [0, 0.05) is 11.1 Å². The van der Waals surface area contributed by atoms with E-state index in [1.165, 1.54) is 6.33 Å². The van der Waals surface area contributed by atoms with Crippen LogP contribution in [0.4, 0.5) is 0 Å². The first-order valence-corrected chi connectivity index (χ1v) is 10.5. The number of nitrogens with two attached hydrogens (primary N) is 1. The zero-order valence-electron chi connectivity index (χ0n) is 15.4. The number of hydrogen-bond acceptors (Lipinski definition) is 5. The Labute approximate surface area is 176 Å². The number of thiophene rings is 1. The van der Waals surface area contributed by atoms with Gasteiger partial charge < -0.3 is 20.1 Å². The van der Waals surface area contributed by atoms with Crippen molar-refractivity contribution in [3.05, 3.63) is 68.8 Å². The van der Waals surface area contributed by atoms with E-state index in [2.05, 4.69) is 20.9 Å². The van der Waals surface area contributed by atoms with Crippen molar-refractivity contribution in [1.82, 2.24) is 9.55 Å². The highest BCUT2D eigenvalue weighted by atomic mass is 79.9. The molecule has 2 unspecified atom stereocenters. The van der Waals surface area contributed by atoms with Gasteiger partial charge in [0.25, 0.3) is 5.91 Å². The monoisotopic (exact) mass is 463 g/mol. The molecule has 8 heteroatoms. The van der Waals surface area contributed by atoms with Crippen LogP contribution in [0, 0.1) is 0 Å². The summed E-state index contributed by atoms with van der Waals surface area (Å²) in [6, 6.07) is 11.7. The predicted molar refractivity (Wildman–Crippen MR) is 113 cm³/mol. The number of halogens is 1. The van der Waals surface area contributed by atoms with E-state index in [0.717, 1.165) is 20.0 Å². The van der Waals surface area contributed by atoms with Gasteiger partial charge in [-0.15, -0.1) is 11.3 Å². The Morgan fingerprint density at radius 1 is 1.36 bits per heavy atom. The first-order valence-electron chi connectivity index (χ1n) is 8.90. The molecule has 2 aromatic heterocycles. The molecule has 3 N–H and O–H groups in total. The first kappa shape index (κ1) is 20.6. The van der Waals surface area contributed by atoms with E-state index in [1.54, 1.807) is 29.0 Å². The van der Waals surface area contributed by atoms with E-state index in [9.17, 15) is 9.90 Å². The van der Waals surface area contributed by atoms with Crippen LogP contribution in [0.15, 0.2) is 52.7 Å². The van der Waals surface area contributed by atoms with Gasteiger partial charge in [-0.25, -0.2) is 4.98 Å². The van der Waals surface area contributed by atoms with Crippen LogP contribution in [0.25, 0.3) is 0 Å². The number of rotatable bonds is 9. The number of hydrogen-bond donors (Lipinski definition) is 2. The second kappa shape index (κ2) is 9.36. The van der Waals surface area contributed by atoms with Crippen molar-refractivity contribution < 1.29 is 14.6 Å². The summed E-state index contributed by atoms with van der Waals surface area (Å²) in [6.07, 6.45) is 3.89. The fraction of sp³-hybridized carbons (Fsp3) is 0.300. The third-order valence-corrected chi connectivity index (χ3v) is 6.07. The quantitative estimate of drug-likeness (QED) is 0.502. The molecule has 148 valence electrons. The molecule has 0 aliphatic rings. The number of nitrogens with zero attached hydrogens (tertiary/aromatic N) is 2. The Morgan fingerprint density at radius 2 is 2.14 bits per heavy atom. The first-order chi connectivity index (χ1) is 13.4. The number of para-hydroxylation sites is 1. The maximum Gasteiger partial charge on any atom is 0.268 e. The summed E-state index contributed by atoms with van der Waals surface area (Å²) in [5.41, 5.74) is 6.53. The van der Waals surface area contributed by atoms with Crippen LogP contribution in [0.3, 0.4) is 0 Å². The van der Waals surface area contributed by atoms with Gasteiger partial charge in [0.15, 0.2) is 0 Å². The van der Waals surface area contributed by atoms with E-state index >= 15 is 0 Å². The highest BCUT2D eigenvalue weighted by Crippen LogP contribution is 2.27. The summed E-state index contributed by atoms with van der Waals surface area (Å²) in [5.74, 6) is 0.252. The second-order valence-electron chi connectivity index (χ2n) is 6.52. The van der Waals surface area contributed by atoms with E-state index in [4.69, 9.17) is 10.5 Å². The lowest BCUT2D eigenvalue weighted by molar-refractivity contribution is 0.0994. The maximum absolute atomic E-state index is 11.3. The fourth-order valence-corrected chi connectivity index (χ4v) is 4.41. The van der Waals surface area contributed by atoms with Crippen LogP contribution in [0.1, 0.15) is 40.3 Å². The lowest BCUT2D eigenvalue weighted by Crippen LogP contribution is -2.21. The molecule has 2 atom stereocenters. The minimum Gasteiger partial charge on any atom is -0.488 e. The lowest BCUT2D eigenvalue weighted by Gasteiger charge is -2.22. The predicted octanol–water partition coefficient (Wildman–Crippen LogP) is 3.94. The number of primary amides is 1. The Bertz CT molecular complexity index is 938. The Kier molecular flexibility index (Phi) is 6.88. The third kappa shape index (κ3) is 5.21. The zero-order valence-corrected chi connectivity index (χ0v) is 17.8. The van der Waals surface area contributed by atoms with Crippen molar-refractivity contribution in [2.24, 2.45) is 5.73 Å². The summed E-state index contributed by atoms with van der Waals surface area (Å²) in [7, 11) is 0. The highest BCUT2D eigenvalue weighted by Gasteiger charge is 2.19. The van der Waals surface area contributed by atoms with Gasteiger partial charge in [-0.3, -0.25) is 4.79 Å². The molecule has 3 rings (SSSR count). The molecule has 0 saturated heterocycles. The molecule has 6 nitrogen and oxygen atoms in total. The molecular formula is C20H22BrN3O3S. The zero-order chi connectivity index (χ0) is 20.1. The van der Waals surface area contributed by atoms with Crippen LogP contribution >= 0.6 is 27.3 Å². The van der Waals surface area contributed by atoms with Crippen molar-refractivity contribution in [2.75, 3.05) is 0 Å². The summed E-state index contributed by atoms with van der Waals surface area (Å²) in [4.78, 5) is 16.4. The summed E-state index contributed by atoms with van der Waals surface area (Å²) < 4.78 is 8.84. The van der Waals surface area contributed by atoms with Gasteiger partial charge in [-0.2, -0.15) is 0 Å². The molecule has 0 saturated carbocycles. The number of aliphatic hydroxyl groups is 1. The number of aromatic nitrogens is 2. The summed E-state index contributed by atoms with van der Waals surface area (Å²) in [5, 5.41) is 10.2. The smallest absolute Gasteiger partial charge is 0.268 e. The molecule has 3 aromatic rings. The molecule has 0 aliphatic carbocycles. The SMILES string of the molecule is CC(O)C(CCc1ccccc1OCc1ccc(Br)s1)n1cnc(C(N)=O)c1. The lowest BCUT2D eigenvalue weighted by atomic mass is 10.0. The Balaban J connectivity index is 1.68. The molecule has 0 fully saturated rings. The van der Waals surface area contributed by atoms with Crippen molar-refractivity contribution in [3.8, 4) is 5.75 Å². The number of carbonyl (C=O) groups excluding carboxylic acids is 1. The minimum atomic E-state index is -0.605. The highest BCUT2D eigenvalue weighted by molar-refractivity contribution is 9.11. The topological polar surface area (TPSA) is 90.4 Å². The van der Waals surface area contributed by atoms with Crippen LogP contribution in [-0.4, -0.2) is 26.7 Å². The molecule has 0 spiro atoms. The number of amides is 1. The van der Waals surface area contributed by atoms with Gasteiger partial charge in [0.2, 0.25) is 0 Å².